The number of hydrogen-bond acceptors (Lipinski definition) is 5. The Balaban J connectivity index is 1.68. The van der Waals surface area contributed by atoms with E-state index >= 15 is 0 Å². The summed E-state index contributed by atoms with van der Waals surface area (Å²) in [7, 11) is 0. The Hall–Kier alpha value is -3.38. The second kappa shape index (κ2) is 8.32. The number of nitrogens with zero attached hydrogens (tertiary/aromatic N) is 2. The van der Waals surface area contributed by atoms with Crippen LogP contribution in [0.15, 0.2) is 71.1 Å². The minimum Gasteiger partial charge on any atom is -0.456 e. The first kappa shape index (κ1) is 19.0. The first-order chi connectivity index (χ1) is 14.2. The van der Waals surface area contributed by atoms with Crippen molar-refractivity contribution in [1.29, 1.82) is 0 Å². The molecule has 2 aromatic carbocycles. The maximum absolute atomic E-state index is 11.0. The summed E-state index contributed by atoms with van der Waals surface area (Å²) < 4.78 is 8.02. The van der Waals surface area contributed by atoms with E-state index in [-0.39, 0.29) is 0 Å². The SMILES string of the molecule is CCC(OOC(C)=O)c1ccc(-c2nn(Cc3ccccc3)c3ccccc23)o1. The van der Waals surface area contributed by atoms with E-state index in [0.717, 1.165) is 16.6 Å². The van der Waals surface area contributed by atoms with E-state index in [0.29, 0.717) is 24.5 Å². The van der Waals surface area contributed by atoms with Gasteiger partial charge in [0.1, 0.15) is 11.5 Å². The van der Waals surface area contributed by atoms with Gasteiger partial charge in [0, 0.05) is 12.3 Å². The maximum Gasteiger partial charge on any atom is 0.339 e. The molecule has 1 unspecified atom stereocenters. The van der Waals surface area contributed by atoms with E-state index < -0.39 is 12.1 Å². The van der Waals surface area contributed by atoms with Crippen molar-refractivity contribution >= 4 is 16.9 Å². The highest BCUT2D eigenvalue weighted by Crippen LogP contribution is 2.32. The van der Waals surface area contributed by atoms with Crippen molar-refractivity contribution in [2.24, 2.45) is 0 Å². The summed E-state index contributed by atoms with van der Waals surface area (Å²) in [4.78, 5) is 20.9. The van der Waals surface area contributed by atoms with E-state index in [9.17, 15) is 4.79 Å². The molecule has 0 spiro atoms. The molecule has 0 fully saturated rings. The molecule has 1 atom stereocenters. The molecule has 4 aromatic rings. The van der Waals surface area contributed by atoms with Crippen molar-refractivity contribution in [2.45, 2.75) is 32.9 Å². The number of hydrogen-bond donors (Lipinski definition) is 0. The average molecular weight is 390 g/mol. The van der Waals surface area contributed by atoms with Gasteiger partial charge in [-0.1, -0.05) is 55.5 Å². The molecule has 4 rings (SSSR count). The summed E-state index contributed by atoms with van der Waals surface area (Å²) in [5.41, 5.74) is 2.98. The highest BCUT2D eigenvalue weighted by atomic mass is 17.2. The summed E-state index contributed by atoms with van der Waals surface area (Å²) in [6.45, 7) is 3.90. The molecule has 0 aliphatic heterocycles. The van der Waals surface area contributed by atoms with Gasteiger partial charge in [0.2, 0.25) is 0 Å². The standard InChI is InChI=1S/C23H22N2O4/c1-3-20(29-28-16(2)26)21-13-14-22(27-21)23-18-11-7-8-12-19(18)25(24-23)15-17-9-5-4-6-10-17/h4-14,20H,3,15H2,1-2H3. The van der Waals surface area contributed by atoms with Gasteiger partial charge in [0.15, 0.2) is 11.9 Å². The minimum absolute atomic E-state index is 0.467. The van der Waals surface area contributed by atoms with E-state index in [1.807, 2.05) is 60.1 Å². The quantitative estimate of drug-likeness (QED) is 0.317. The van der Waals surface area contributed by atoms with Crippen molar-refractivity contribution in [3.05, 3.63) is 78.1 Å². The predicted octanol–water partition coefficient (Wildman–Crippen LogP) is 5.29. The van der Waals surface area contributed by atoms with Crippen LogP contribution in [-0.2, 0) is 21.1 Å². The fourth-order valence-corrected chi connectivity index (χ4v) is 3.28. The molecule has 2 aromatic heterocycles. The van der Waals surface area contributed by atoms with Gasteiger partial charge in [-0.3, -0.25) is 9.57 Å². The van der Waals surface area contributed by atoms with Crippen LogP contribution in [0.25, 0.3) is 22.4 Å². The Labute approximate surface area is 168 Å². The number of furan rings is 1. The van der Waals surface area contributed by atoms with Crippen LogP contribution in [0.2, 0.25) is 0 Å². The molecule has 0 aliphatic rings. The summed E-state index contributed by atoms with van der Waals surface area (Å²) in [6.07, 6.45) is 0.133. The Morgan fingerprint density at radius 1 is 1.07 bits per heavy atom. The number of benzene rings is 2. The highest BCUT2D eigenvalue weighted by molar-refractivity contribution is 5.92. The smallest absolute Gasteiger partial charge is 0.339 e. The molecular weight excluding hydrogens is 368 g/mol. The molecular formula is C23H22N2O4. The van der Waals surface area contributed by atoms with Gasteiger partial charge in [-0.15, -0.1) is 0 Å². The fourth-order valence-electron chi connectivity index (χ4n) is 3.28. The normalized spacial score (nSPS) is 12.2. The average Bonchev–Trinajstić information content (AvgIpc) is 3.35. The van der Waals surface area contributed by atoms with E-state index in [2.05, 4.69) is 23.1 Å². The molecule has 6 heteroatoms. The lowest BCUT2D eigenvalue weighted by molar-refractivity contribution is -0.302. The second-order valence-electron chi connectivity index (χ2n) is 6.78. The molecule has 6 nitrogen and oxygen atoms in total. The fraction of sp³-hybridized carbons (Fsp3) is 0.217. The molecule has 0 bridgehead atoms. The van der Waals surface area contributed by atoms with Crippen molar-refractivity contribution in [1.82, 2.24) is 9.78 Å². The molecule has 0 amide bonds. The first-order valence-corrected chi connectivity index (χ1v) is 9.59. The molecule has 0 saturated carbocycles. The summed E-state index contributed by atoms with van der Waals surface area (Å²) in [6, 6.07) is 22.0. The number of fused-ring (bicyclic) bond motifs is 1. The second-order valence-corrected chi connectivity index (χ2v) is 6.78. The van der Waals surface area contributed by atoms with E-state index in [1.165, 1.54) is 12.5 Å². The summed E-state index contributed by atoms with van der Waals surface area (Å²) in [5.74, 6) is 0.735. The third kappa shape index (κ3) is 4.07. The van der Waals surface area contributed by atoms with Crippen LogP contribution in [0.5, 0.6) is 0 Å². The first-order valence-electron chi connectivity index (χ1n) is 9.59. The van der Waals surface area contributed by atoms with Crippen molar-refractivity contribution in [3.8, 4) is 11.5 Å². The largest absolute Gasteiger partial charge is 0.456 e. The lowest BCUT2D eigenvalue weighted by Crippen LogP contribution is -2.06. The minimum atomic E-state index is -0.499. The molecule has 0 saturated heterocycles. The zero-order valence-electron chi connectivity index (χ0n) is 16.4. The topological polar surface area (TPSA) is 66.5 Å². The number of aromatic nitrogens is 2. The lowest BCUT2D eigenvalue weighted by atomic mass is 10.2. The van der Waals surface area contributed by atoms with Crippen LogP contribution in [0.4, 0.5) is 0 Å². The summed E-state index contributed by atoms with van der Waals surface area (Å²) >= 11 is 0. The van der Waals surface area contributed by atoms with E-state index in [4.69, 9.17) is 14.4 Å². The Bertz CT molecular complexity index is 1110. The Morgan fingerprint density at radius 3 is 2.59 bits per heavy atom. The monoisotopic (exact) mass is 390 g/mol. The highest BCUT2D eigenvalue weighted by Gasteiger charge is 2.20. The number of carbonyl (C=O) groups is 1. The van der Waals surface area contributed by atoms with Crippen molar-refractivity contribution < 1.29 is 19.0 Å². The molecule has 148 valence electrons. The van der Waals surface area contributed by atoms with Gasteiger partial charge in [-0.05, 0) is 30.2 Å². The Kier molecular flexibility index (Phi) is 5.44. The van der Waals surface area contributed by atoms with Gasteiger partial charge < -0.3 is 4.42 Å². The molecule has 2 heterocycles. The van der Waals surface area contributed by atoms with Crippen LogP contribution in [-0.4, -0.2) is 15.7 Å². The number of rotatable bonds is 7. The van der Waals surface area contributed by atoms with Crippen molar-refractivity contribution in [3.63, 3.8) is 0 Å². The third-order valence-corrected chi connectivity index (χ3v) is 4.66. The van der Waals surface area contributed by atoms with Crippen LogP contribution < -0.4 is 0 Å². The van der Waals surface area contributed by atoms with Gasteiger partial charge in [0.05, 0.1) is 12.1 Å². The zero-order valence-corrected chi connectivity index (χ0v) is 16.4. The van der Waals surface area contributed by atoms with Gasteiger partial charge in [-0.2, -0.15) is 9.99 Å². The van der Waals surface area contributed by atoms with E-state index in [1.54, 1.807) is 0 Å². The van der Waals surface area contributed by atoms with Crippen LogP contribution >= 0.6 is 0 Å². The molecule has 0 aliphatic carbocycles. The maximum atomic E-state index is 11.0. The van der Waals surface area contributed by atoms with Gasteiger partial charge >= 0.3 is 5.97 Å². The molecule has 0 N–H and O–H groups in total. The summed E-state index contributed by atoms with van der Waals surface area (Å²) in [5, 5.41) is 5.84. The van der Waals surface area contributed by atoms with Crippen LogP contribution in [0.3, 0.4) is 0 Å². The predicted molar refractivity (Wildman–Crippen MR) is 109 cm³/mol. The number of para-hydroxylation sites is 1. The number of carbonyl (C=O) groups excluding carboxylic acids is 1. The lowest BCUT2D eigenvalue weighted by Gasteiger charge is -2.10. The molecule has 0 radical (unpaired) electrons. The zero-order chi connectivity index (χ0) is 20.2. The van der Waals surface area contributed by atoms with Gasteiger partial charge in [-0.25, -0.2) is 4.79 Å². The van der Waals surface area contributed by atoms with Crippen LogP contribution in [0.1, 0.15) is 37.7 Å². The Morgan fingerprint density at radius 2 is 1.83 bits per heavy atom. The molecule has 29 heavy (non-hydrogen) atoms. The van der Waals surface area contributed by atoms with Gasteiger partial charge in [0.25, 0.3) is 0 Å². The van der Waals surface area contributed by atoms with Crippen molar-refractivity contribution in [2.75, 3.05) is 0 Å². The van der Waals surface area contributed by atoms with Crippen LogP contribution in [0, 0.1) is 0 Å². The third-order valence-electron chi connectivity index (χ3n) is 4.66.